The first kappa shape index (κ1) is 13.1. The molecule has 0 spiro atoms. The highest BCUT2D eigenvalue weighted by Crippen LogP contribution is 2.33. The number of hydrogen-bond donors (Lipinski definition) is 1. The van der Waals surface area contributed by atoms with Crippen LogP contribution in [-0.4, -0.2) is 6.04 Å². The van der Waals surface area contributed by atoms with Crippen molar-refractivity contribution in [1.82, 2.24) is 0 Å². The molecule has 96 valence electrons. The van der Waals surface area contributed by atoms with Crippen molar-refractivity contribution in [3.8, 4) is 0 Å². The van der Waals surface area contributed by atoms with Crippen LogP contribution in [0.2, 0.25) is 0 Å². The van der Waals surface area contributed by atoms with Gasteiger partial charge in [0.1, 0.15) is 0 Å². The molecule has 3 unspecified atom stereocenters. The molecule has 0 bridgehead atoms. The van der Waals surface area contributed by atoms with Gasteiger partial charge in [0.25, 0.3) is 0 Å². The van der Waals surface area contributed by atoms with Crippen LogP contribution in [0.4, 0.5) is 0 Å². The lowest BCUT2D eigenvalue weighted by Crippen LogP contribution is -2.34. The summed E-state index contributed by atoms with van der Waals surface area (Å²) in [5, 5.41) is 2.16. The van der Waals surface area contributed by atoms with Crippen LogP contribution in [0.3, 0.4) is 0 Å². The molecule has 0 amide bonds. The third kappa shape index (κ3) is 3.82. The van der Waals surface area contributed by atoms with Crippen molar-refractivity contribution >= 4 is 11.3 Å². The minimum absolute atomic E-state index is 0.423. The van der Waals surface area contributed by atoms with Gasteiger partial charge in [0.2, 0.25) is 0 Å². The van der Waals surface area contributed by atoms with Crippen molar-refractivity contribution in [2.45, 2.75) is 57.9 Å². The van der Waals surface area contributed by atoms with E-state index in [4.69, 9.17) is 5.73 Å². The lowest BCUT2D eigenvalue weighted by Gasteiger charge is -2.32. The summed E-state index contributed by atoms with van der Waals surface area (Å²) in [7, 11) is 0. The highest BCUT2D eigenvalue weighted by atomic mass is 32.1. The van der Waals surface area contributed by atoms with Crippen LogP contribution in [0.15, 0.2) is 17.5 Å². The standard InChI is InChI=1S/C15H25NS/c1-2-12-5-3-6-13(11-12)15(16)9-8-14-7-4-10-17-14/h4,7,10,12-13,15H,2-3,5-6,8-9,11,16H2,1H3. The van der Waals surface area contributed by atoms with Crippen LogP contribution in [0, 0.1) is 11.8 Å². The van der Waals surface area contributed by atoms with Gasteiger partial charge in [-0.25, -0.2) is 0 Å². The highest BCUT2D eigenvalue weighted by Gasteiger charge is 2.25. The van der Waals surface area contributed by atoms with Crippen molar-refractivity contribution in [3.63, 3.8) is 0 Å². The first-order valence-corrected chi connectivity index (χ1v) is 7.95. The Labute approximate surface area is 109 Å². The molecule has 2 rings (SSSR count). The average molecular weight is 251 g/mol. The predicted octanol–water partition coefficient (Wildman–Crippen LogP) is 4.22. The first-order valence-electron chi connectivity index (χ1n) is 7.07. The molecule has 3 atom stereocenters. The number of hydrogen-bond acceptors (Lipinski definition) is 2. The molecular weight excluding hydrogens is 226 g/mol. The number of thiophene rings is 1. The topological polar surface area (TPSA) is 26.0 Å². The van der Waals surface area contributed by atoms with Crippen molar-refractivity contribution in [2.75, 3.05) is 0 Å². The van der Waals surface area contributed by atoms with Gasteiger partial charge in [-0.15, -0.1) is 11.3 Å². The normalized spacial score (nSPS) is 26.9. The van der Waals surface area contributed by atoms with E-state index in [0.29, 0.717) is 6.04 Å². The third-order valence-corrected chi connectivity index (χ3v) is 5.25. The van der Waals surface area contributed by atoms with Gasteiger partial charge in [0.15, 0.2) is 0 Å². The van der Waals surface area contributed by atoms with E-state index in [1.54, 1.807) is 0 Å². The maximum atomic E-state index is 6.39. The van der Waals surface area contributed by atoms with E-state index >= 15 is 0 Å². The van der Waals surface area contributed by atoms with Crippen molar-refractivity contribution in [1.29, 1.82) is 0 Å². The first-order chi connectivity index (χ1) is 8.29. The van der Waals surface area contributed by atoms with Crippen molar-refractivity contribution < 1.29 is 0 Å². The molecule has 2 N–H and O–H groups in total. The second-order valence-corrected chi connectivity index (χ2v) is 6.52. The lowest BCUT2D eigenvalue weighted by molar-refractivity contribution is 0.224. The van der Waals surface area contributed by atoms with Gasteiger partial charge in [0, 0.05) is 10.9 Å². The minimum Gasteiger partial charge on any atom is -0.327 e. The van der Waals surface area contributed by atoms with E-state index in [1.807, 2.05) is 11.3 Å². The molecule has 1 aliphatic carbocycles. The Balaban J connectivity index is 1.76. The molecule has 1 aromatic heterocycles. The van der Waals surface area contributed by atoms with E-state index in [9.17, 15) is 0 Å². The zero-order valence-corrected chi connectivity index (χ0v) is 11.7. The largest absolute Gasteiger partial charge is 0.327 e. The van der Waals surface area contributed by atoms with E-state index in [1.165, 1.54) is 49.8 Å². The van der Waals surface area contributed by atoms with Gasteiger partial charge in [-0.2, -0.15) is 0 Å². The molecule has 1 fully saturated rings. The van der Waals surface area contributed by atoms with Gasteiger partial charge in [0.05, 0.1) is 0 Å². The smallest absolute Gasteiger partial charge is 0.00707 e. The fraction of sp³-hybridized carbons (Fsp3) is 0.733. The van der Waals surface area contributed by atoms with E-state index in [0.717, 1.165) is 11.8 Å². The van der Waals surface area contributed by atoms with Crippen LogP contribution < -0.4 is 5.73 Å². The molecule has 0 aliphatic heterocycles. The van der Waals surface area contributed by atoms with Crippen LogP contribution in [-0.2, 0) is 6.42 Å². The predicted molar refractivity (Wildman–Crippen MR) is 76.4 cm³/mol. The van der Waals surface area contributed by atoms with Crippen molar-refractivity contribution in [3.05, 3.63) is 22.4 Å². The maximum absolute atomic E-state index is 6.39. The Morgan fingerprint density at radius 2 is 2.35 bits per heavy atom. The fourth-order valence-electron chi connectivity index (χ4n) is 3.09. The number of aryl methyl sites for hydroxylation is 1. The summed E-state index contributed by atoms with van der Waals surface area (Å²) in [6.07, 6.45) is 9.26. The summed E-state index contributed by atoms with van der Waals surface area (Å²) >= 11 is 1.86. The molecule has 1 nitrogen and oxygen atoms in total. The van der Waals surface area contributed by atoms with Gasteiger partial charge in [-0.05, 0) is 49.0 Å². The van der Waals surface area contributed by atoms with E-state index in [2.05, 4.69) is 24.4 Å². The lowest BCUT2D eigenvalue weighted by atomic mass is 9.76. The van der Waals surface area contributed by atoms with Gasteiger partial charge >= 0.3 is 0 Å². The number of rotatable bonds is 5. The molecule has 0 aromatic carbocycles. The SMILES string of the molecule is CCC1CCCC(C(N)CCc2cccs2)C1. The molecule has 0 radical (unpaired) electrons. The van der Waals surface area contributed by atoms with Crippen LogP contribution in [0.5, 0.6) is 0 Å². The Bertz CT molecular complexity index is 307. The molecule has 1 saturated carbocycles. The summed E-state index contributed by atoms with van der Waals surface area (Å²) in [4.78, 5) is 1.49. The Kier molecular flexibility index (Phi) is 5.05. The van der Waals surface area contributed by atoms with E-state index in [-0.39, 0.29) is 0 Å². The molecule has 0 saturated heterocycles. The quantitative estimate of drug-likeness (QED) is 0.833. The monoisotopic (exact) mass is 251 g/mol. The molecular formula is C15H25NS. The van der Waals surface area contributed by atoms with Gasteiger partial charge in [-0.1, -0.05) is 32.3 Å². The summed E-state index contributed by atoms with van der Waals surface area (Å²) in [5.41, 5.74) is 6.39. The van der Waals surface area contributed by atoms with Crippen LogP contribution in [0.25, 0.3) is 0 Å². The van der Waals surface area contributed by atoms with Crippen molar-refractivity contribution in [2.24, 2.45) is 17.6 Å². The average Bonchev–Trinajstić information content (AvgIpc) is 2.89. The zero-order chi connectivity index (χ0) is 12.1. The molecule has 1 heterocycles. The fourth-order valence-corrected chi connectivity index (χ4v) is 3.82. The minimum atomic E-state index is 0.423. The Hall–Kier alpha value is -0.340. The summed E-state index contributed by atoms with van der Waals surface area (Å²) in [5.74, 6) is 1.73. The summed E-state index contributed by atoms with van der Waals surface area (Å²) < 4.78 is 0. The molecule has 1 aliphatic rings. The van der Waals surface area contributed by atoms with Crippen LogP contribution in [0.1, 0.15) is 50.3 Å². The zero-order valence-electron chi connectivity index (χ0n) is 10.9. The van der Waals surface area contributed by atoms with Crippen LogP contribution >= 0.6 is 11.3 Å². The Morgan fingerprint density at radius 1 is 1.47 bits per heavy atom. The number of nitrogens with two attached hydrogens (primary N) is 1. The Morgan fingerprint density at radius 3 is 3.06 bits per heavy atom. The molecule has 17 heavy (non-hydrogen) atoms. The van der Waals surface area contributed by atoms with E-state index < -0.39 is 0 Å². The highest BCUT2D eigenvalue weighted by molar-refractivity contribution is 7.09. The maximum Gasteiger partial charge on any atom is 0.00707 e. The molecule has 1 aromatic rings. The molecule has 2 heteroatoms. The summed E-state index contributed by atoms with van der Waals surface area (Å²) in [6.45, 7) is 2.32. The van der Waals surface area contributed by atoms with Gasteiger partial charge < -0.3 is 5.73 Å². The third-order valence-electron chi connectivity index (χ3n) is 4.31. The second kappa shape index (κ2) is 6.55. The second-order valence-electron chi connectivity index (χ2n) is 5.48. The summed E-state index contributed by atoms with van der Waals surface area (Å²) in [6, 6.07) is 4.79. The van der Waals surface area contributed by atoms with Gasteiger partial charge in [-0.3, -0.25) is 0 Å².